The van der Waals surface area contributed by atoms with Gasteiger partial charge in [-0.1, -0.05) is 13.8 Å². The highest BCUT2D eigenvalue weighted by Crippen LogP contribution is 2.13. The molecule has 0 aliphatic carbocycles. The minimum absolute atomic E-state index is 0.376. The fourth-order valence-electron chi connectivity index (χ4n) is 1.35. The average molecular weight is 195 g/mol. The second kappa shape index (κ2) is 4.60. The summed E-state index contributed by atoms with van der Waals surface area (Å²) in [4.78, 5) is 0. The Balaban J connectivity index is 2.54. The quantitative estimate of drug-likeness (QED) is 0.797. The lowest BCUT2D eigenvalue weighted by molar-refractivity contribution is 0.389. The number of rotatable bonds is 4. The van der Waals surface area contributed by atoms with Crippen LogP contribution in [0.2, 0.25) is 0 Å². The molecule has 80 valence electrons. The van der Waals surface area contributed by atoms with E-state index >= 15 is 0 Å². The van der Waals surface area contributed by atoms with Gasteiger partial charge in [0.25, 0.3) is 0 Å². The third kappa shape index (κ3) is 2.84. The fourth-order valence-corrected chi connectivity index (χ4v) is 1.35. The lowest BCUT2D eigenvalue weighted by Gasteiger charge is -2.22. The van der Waals surface area contributed by atoms with Gasteiger partial charge in [0.05, 0.1) is 6.20 Å². The molecule has 0 aliphatic rings. The van der Waals surface area contributed by atoms with Crippen molar-refractivity contribution in [3.63, 3.8) is 0 Å². The molecule has 0 aliphatic heterocycles. The molecule has 1 heterocycles. The van der Waals surface area contributed by atoms with Gasteiger partial charge < -0.3 is 5.32 Å². The molecule has 0 bridgehead atoms. The second-order valence-electron chi connectivity index (χ2n) is 4.37. The Morgan fingerprint density at radius 1 is 1.29 bits per heavy atom. The molecular formula is C11H21N3. The van der Waals surface area contributed by atoms with Gasteiger partial charge in [0, 0.05) is 30.9 Å². The van der Waals surface area contributed by atoms with Crippen LogP contribution >= 0.6 is 0 Å². The summed E-state index contributed by atoms with van der Waals surface area (Å²) in [5, 5.41) is 7.72. The highest BCUT2D eigenvalue weighted by atomic mass is 15.2. The summed E-state index contributed by atoms with van der Waals surface area (Å²) in [7, 11) is 1.95. The summed E-state index contributed by atoms with van der Waals surface area (Å²) in [5.41, 5.74) is 1.25. The Bertz CT molecular complexity index is 278. The molecule has 1 N–H and O–H groups in total. The predicted molar refractivity (Wildman–Crippen MR) is 59.1 cm³/mol. The van der Waals surface area contributed by atoms with Gasteiger partial charge in [-0.2, -0.15) is 5.10 Å². The standard InChI is InChI=1S/C11H21N3/c1-8(2)9(3)13-10(4)11-6-12-14(5)7-11/h6-10,13H,1-5H3/t9-,10-/m0/s1. The van der Waals surface area contributed by atoms with Crippen LogP contribution in [0, 0.1) is 5.92 Å². The molecule has 1 aromatic heterocycles. The summed E-state index contributed by atoms with van der Waals surface area (Å²) in [6, 6.07) is 0.909. The molecule has 0 radical (unpaired) electrons. The Kier molecular flexibility index (Phi) is 3.69. The summed E-state index contributed by atoms with van der Waals surface area (Å²) in [6.07, 6.45) is 3.98. The van der Waals surface area contributed by atoms with E-state index in [1.165, 1.54) is 5.56 Å². The summed E-state index contributed by atoms with van der Waals surface area (Å²) < 4.78 is 1.84. The number of nitrogens with one attached hydrogen (secondary N) is 1. The Hall–Kier alpha value is -0.830. The number of nitrogens with zero attached hydrogens (tertiary/aromatic N) is 2. The molecule has 0 amide bonds. The number of hydrogen-bond acceptors (Lipinski definition) is 2. The first kappa shape index (κ1) is 11.2. The smallest absolute Gasteiger partial charge is 0.0537 e. The molecule has 3 nitrogen and oxygen atoms in total. The van der Waals surface area contributed by atoms with Gasteiger partial charge >= 0.3 is 0 Å². The largest absolute Gasteiger partial charge is 0.307 e. The van der Waals surface area contributed by atoms with E-state index in [1.54, 1.807) is 0 Å². The van der Waals surface area contributed by atoms with Crippen molar-refractivity contribution in [2.24, 2.45) is 13.0 Å². The first-order valence-corrected chi connectivity index (χ1v) is 5.25. The molecule has 0 unspecified atom stereocenters. The van der Waals surface area contributed by atoms with Crippen molar-refractivity contribution in [2.45, 2.75) is 39.8 Å². The zero-order valence-corrected chi connectivity index (χ0v) is 9.78. The van der Waals surface area contributed by atoms with Crippen LogP contribution in [-0.4, -0.2) is 15.8 Å². The van der Waals surface area contributed by atoms with E-state index in [-0.39, 0.29) is 0 Å². The molecule has 0 aromatic carbocycles. The third-order valence-corrected chi connectivity index (χ3v) is 2.74. The SMILES string of the molecule is CC(C)[C@H](C)N[C@@H](C)c1cnn(C)c1. The highest BCUT2D eigenvalue weighted by molar-refractivity contribution is 5.09. The molecule has 0 saturated heterocycles. The van der Waals surface area contributed by atoms with Gasteiger partial charge in [-0.05, 0) is 19.8 Å². The summed E-state index contributed by atoms with van der Waals surface area (Å²) in [6.45, 7) is 8.86. The fraction of sp³-hybridized carbons (Fsp3) is 0.727. The van der Waals surface area contributed by atoms with Crippen molar-refractivity contribution < 1.29 is 0 Å². The van der Waals surface area contributed by atoms with Gasteiger partial charge in [0.15, 0.2) is 0 Å². The van der Waals surface area contributed by atoms with Crippen LogP contribution in [0.3, 0.4) is 0 Å². The number of aryl methyl sites for hydroxylation is 1. The van der Waals surface area contributed by atoms with Gasteiger partial charge in [-0.3, -0.25) is 4.68 Å². The molecule has 2 atom stereocenters. The average Bonchev–Trinajstić information content (AvgIpc) is 2.51. The van der Waals surface area contributed by atoms with E-state index in [0.29, 0.717) is 18.0 Å². The topological polar surface area (TPSA) is 29.9 Å². The zero-order valence-electron chi connectivity index (χ0n) is 9.78. The molecular weight excluding hydrogens is 174 g/mol. The maximum absolute atomic E-state index is 4.17. The van der Waals surface area contributed by atoms with Gasteiger partial charge in [-0.15, -0.1) is 0 Å². The van der Waals surface area contributed by atoms with Crippen molar-refractivity contribution >= 4 is 0 Å². The first-order valence-electron chi connectivity index (χ1n) is 5.25. The molecule has 1 rings (SSSR count). The van der Waals surface area contributed by atoms with Crippen LogP contribution in [0.5, 0.6) is 0 Å². The van der Waals surface area contributed by atoms with E-state index < -0.39 is 0 Å². The highest BCUT2D eigenvalue weighted by Gasteiger charge is 2.12. The van der Waals surface area contributed by atoms with Gasteiger partial charge in [-0.25, -0.2) is 0 Å². The first-order chi connectivity index (χ1) is 6.50. The summed E-state index contributed by atoms with van der Waals surface area (Å²) >= 11 is 0. The van der Waals surface area contributed by atoms with Crippen molar-refractivity contribution in [3.05, 3.63) is 18.0 Å². The summed E-state index contributed by atoms with van der Waals surface area (Å²) in [5.74, 6) is 0.661. The Labute approximate surface area is 86.5 Å². The van der Waals surface area contributed by atoms with Gasteiger partial charge in [0.1, 0.15) is 0 Å². The maximum atomic E-state index is 4.17. The van der Waals surface area contributed by atoms with Crippen LogP contribution in [-0.2, 0) is 7.05 Å². The minimum atomic E-state index is 0.376. The monoisotopic (exact) mass is 195 g/mol. The predicted octanol–water partition coefficient (Wildman–Crippen LogP) is 2.12. The molecule has 0 fully saturated rings. The molecule has 14 heavy (non-hydrogen) atoms. The van der Waals surface area contributed by atoms with Crippen LogP contribution in [0.15, 0.2) is 12.4 Å². The molecule has 1 aromatic rings. The Morgan fingerprint density at radius 3 is 2.36 bits per heavy atom. The minimum Gasteiger partial charge on any atom is -0.307 e. The van der Waals surface area contributed by atoms with E-state index in [0.717, 1.165) is 0 Å². The lowest BCUT2D eigenvalue weighted by Crippen LogP contribution is -2.32. The van der Waals surface area contributed by atoms with E-state index in [1.807, 2.05) is 17.9 Å². The Morgan fingerprint density at radius 2 is 1.93 bits per heavy atom. The van der Waals surface area contributed by atoms with Crippen LogP contribution < -0.4 is 5.32 Å². The molecule has 3 heteroatoms. The lowest BCUT2D eigenvalue weighted by atomic mass is 10.0. The van der Waals surface area contributed by atoms with E-state index in [9.17, 15) is 0 Å². The van der Waals surface area contributed by atoms with Crippen molar-refractivity contribution in [1.82, 2.24) is 15.1 Å². The molecule has 0 saturated carbocycles. The van der Waals surface area contributed by atoms with Crippen molar-refractivity contribution in [1.29, 1.82) is 0 Å². The zero-order chi connectivity index (χ0) is 10.7. The van der Waals surface area contributed by atoms with Crippen LogP contribution in [0.1, 0.15) is 39.3 Å². The van der Waals surface area contributed by atoms with Gasteiger partial charge in [0.2, 0.25) is 0 Å². The third-order valence-electron chi connectivity index (χ3n) is 2.74. The normalized spacial score (nSPS) is 15.9. The van der Waals surface area contributed by atoms with Crippen LogP contribution in [0.25, 0.3) is 0 Å². The van der Waals surface area contributed by atoms with Crippen molar-refractivity contribution in [3.8, 4) is 0 Å². The van der Waals surface area contributed by atoms with Crippen LogP contribution in [0.4, 0.5) is 0 Å². The molecule has 0 spiro atoms. The number of aromatic nitrogens is 2. The maximum Gasteiger partial charge on any atom is 0.0537 e. The second-order valence-corrected chi connectivity index (χ2v) is 4.37. The van der Waals surface area contributed by atoms with E-state index in [2.05, 4.69) is 44.3 Å². The van der Waals surface area contributed by atoms with E-state index in [4.69, 9.17) is 0 Å². The van der Waals surface area contributed by atoms with Crippen molar-refractivity contribution in [2.75, 3.05) is 0 Å². The number of hydrogen-bond donors (Lipinski definition) is 1.